The van der Waals surface area contributed by atoms with E-state index in [0.29, 0.717) is 11.4 Å². The lowest BCUT2D eigenvalue weighted by Gasteiger charge is -2.30. The third kappa shape index (κ3) is 8.67. The van der Waals surface area contributed by atoms with Crippen molar-refractivity contribution in [2.75, 3.05) is 9.62 Å². The summed E-state index contributed by atoms with van der Waals surface area (Å²) in [4.78, 5) is 15.6. The summed E-state index contributed by atoms with van der Waals surface area (Å²) in [5.74, 6) is 0.937. The zero-order valence-electron chi connectivity index (χ0n) is 43.4. The highest BCUT2D eigenvalue weighted by molar-refractivity contribution is 6.84. The maximum absolute atomic E-state index is 12.6. The molecule has 8 aromatic carbocycles. The van der Waals surface area contributed by atoms with E-state index in [4.69, 9.17) is 9.97 Å². The Morgan fingerprint density at radius 1 is 0.438 bits per heavy atom. The third-order valence-corrected chi connectivity index (χ3v) is 14.4. The molecule has 0 atom stereocenters. The van der Waals surface area contributed by atoms with Gasteiger partial charge in [-0.25, -0.2) is 4.98 Å². The van der Waals surface area contributed by atoms with Crippen molar-refractivity contribution in [1.82, 2.24) is 14.5 Å². The number of phenols is 1. The molecule has 1 aliphatic rings. The topological polar surface area (TPSA) is 57.4 Å². The first-order valence-corrected chi connectivity index (χ1v) is 25.5. The number of aromatic nitrogens is 3. The van der Waals surface area contributed by atoms with E-state index in [1.165, 1.54) is 5.56 Å². The van der Waals surface area contributed by atoms with Crippen LogP contribution in [0.1, 0.15) is 79.0 Å². The fourth-order valence-electron chi connectivity index (χ4n) is 10.5. The van der Waals surface area contributed by atoms with Crippen molar-refractivity contribution in [3.63, 3.8) is 0 Å². The van der Waals surface area contributed by atoms with E-state index in [0.717, 1.165) is 89.6 Å². The molecule has 0 spiro atoms. The summed E-state index contributed by atoms with van der Waals surface area (Å²) in [6, 6.07) is 71.4. The average Bonchev–Trinajstić information content (AvgIpc) is 3.95. The molecule has 7 heteroatoms. The van der Waals surface area contributed by atoms with Gasteiger partial charge in [0.05, 0.1) is 39.4 Å². The summed E-state index contributed by atoms with van der Waals surface area (Å²) in [7, 11) is 0. The average molecular weight is 952 g/mol. The summed E-state index contributed by atoms with van der Waals surface area (Å²) in [5, 5.41) is 12.6. The number of imidazole rings is 1. The number of rotatable bonds is 8. The fourth-order valence-corrected chi connectivity index (χ4v) is 10.5. The highest BCUT2D eigenvalue weighted by Crippen LogP contribution is 2.48. The van der Waals surface area contributed by atoms with Crippen LogP contribution < -0.4 is 15.1 Å². The van der Waals surface area contributed by atoms with Crippen LogP contribution in [0.5, 0.6) is 5.75 Å². The summed E-state index contributed by atoms with van der Waals surface area (Å²) >= 11 is 0. The molecular weight excluding hydrogens is 890 g/mol. The summed E-state index contributed by atoms with van der Waals surface area (Å²) in [5.41, 5.74) is 17.8. The monoisotopic (exact) mass is 952 g/mol. The minimum absolute atomic E-state index is 0.0833. The van der Waals surface area contributed by atoms with Crippen LogP contribution in [0.2, 0.25) is 0 Å². The van der Waals surface area contributed by atoms with Crippen molar-refractivity contribution in [3.05, 3.63) is 223 Å². The number of aromatic hydroxyl groups is 1. The number of para-hydroxylation sites is 5. The van der Waals surface area contributed by atoms with Gasteiger partial charge in [-0.05, 0) is 123 Å². The number of nitrogens with zero attached hydrogens (tertiary/aromatic N) is 5. The van der Waals surface area contributed by atoms with Gasteiger partial charge in [-0.15, -0.1) is 0 Å². The number of fused-ring (bicyclic) bond motifs is 2. The van der Waals surface area contributed by atoms with Crippen LogP contribution >= 0.6 is 0 Å². The minimum atomic E-state index is -0.334. The lowest BCUT2D eigenvalue weighted by atomic mass is 9.64. The molecule has 0 aliphatic carbocycles. The maximum Gasteiger partial charge on any atom is 0.420 e. The van der Waals surface area contributed by atoms with Gasteiger partial charge in [0, 0.05) is 39.8 Å². The lowest BCUT2D eigenvalue weighted by molar-refractivity contribution is 0.446. The van der Waals surface area contributed by atoms with Crippen molar-refractivity contribution >= 4 is 46.2 Å². The van der Waals surface area contributed by atoms with E-state index >= 15 is 0 Å². The maximum atomic E-state index is 12.6. The molecule has 10 aromatic rings. The van der Waals surface area contributed by atoms with E-state index in [9.17, 15) is 5.11 Å². The normalized spacial score (nSPS) is 13.0. The van der Waals surface area contributed by atoms with Crippen LogP contribution in [-0.4, -0.2) is 26.6 Å². The van der Waals surface area contributed by atoms with Crippen LogP contribution in [0.25, 0.3) is 61.6 Å². The van der Waals surface area contributed by atoms with Crippen LogP contribution in [0.4, 0.5) is 22.7 Å². The van der Waals surface area contributed by atoms with Gasteiger partial charge in [0.15, 0.2) is 0 Å². The minimum Gasteiger partial charge on any atom is -0.507 e. The molecule has 0 bridgehead atoms. The number of benzene rings is 8. The standard InChI is InChI=1S/C66H62BN5O/c1-64(2,3)47-35-36-57(53(40-47)44-23-13-10-14-24-44)70-60-34-22-31-52(61(60)69-63(70)54-41-48(65(4,5)6)42-55(62(54)73)66(7,8)9)45-25-21-26-46(39-45)56-43-49(37-38-68-56)67-71(50-27-15-11-16-28-50)58-32-19-20-33-59(58)72(67)51-29-17-12-18-30-51/h10-43,73H,1-9H3. The number of anilines is 4. The molecule has 0 amide bonds. The molecule has 0 saturated heterocycles. The lowest BCUT2D eigenvalue weighted by Crippen LogP contribution is -2.53. The first-order chi connectivity index (χ1) is 35.0. The molecule has 6 nitrogen and oxygen atoms in total. The summed E-state index contributed by atoms with van der Waals surface area (Å²) in [6.07, 6.45) is 1.95. The van der Waals surface area contributed by atoms with Gasteiger partial charge in [-0.1, -0.05) is 184 Å². The Bertz CT molecular complexity index is 3590. The molecule has 0 fully saturated rings. The zero-order valence-corrected chi connectivity index (χ0v) is 43.4. The second-order valence-electron chi connectivity index (χ2n) is 22.5. The highest BCUT2D eigenvalue weighted by atomic mass is 16.3. The van der Waals surface area contributed by atoms with E-state index in [2.05, 4.69) is 277 Å². The molecule has 0 radical (unpaired) electrons. The molecule has 0 unspecified atom stereocenters. The Hall–Kier alpha value is -8.16. The number of phenolic OH excluding ortho intramolecular Hbond substituents is 1. The molecule has 1 N–H and O–H groups in total. The third-order valence-electron chi connectivity index (χ3n) is 14.4. The molecular formula is C66H62BN5O. The highest BCUT2D eigenvalue weighted by Gasteiger charge is 2.43. The van der Waals surface area contributed by atoms with Gasteiger partial charge in [-0.2, -0.15) is 0 Å². The molecule has 73 heavy (non-hydrogen) atoms. The molecule has 1 aliphatic heterocycles. The number of hydrogen-bond donors (Lipinski definition) is 1. The van der Waals surface area contributed by atoms with Gasteiger partial charge < -0.3 is 14.7 Å². The van der Waals surface area contributed by atoms with E-state index in [1.54, 1.807) is 0 Å². The van der Waals surface area contributed by atoms with Gasteiger partial charge in [-0.3, -0.25) is 9.55 Å². The SMILES string of the molecule is CC(C)(C)c1ccc(-n2c(-c3cc(C(C)(C)C)cc(C(C)(C)C)c3O)nc3c(-c4cccc(-c5cc(B6N(c7ccccc7)c7ccccc7N6c6ccccc6)ccn5)c4)cccc32)c(-c2ccccc2)c1. The van der Waals surface area contributed by atoms with Crippen molar-refractivity contribution in [1.29, 1.82) is 0 Å². The van der Waals surface area contributed by atoms with Crippen LogP contribution in [0.15, 0.2) is 206 Å². The van der Waals surface area contributed by atoms with E-state index in [1.807, 2.05) is 6.20 Å². The van der Waals surface area contributed by atoms with Gasteiger partial charge in [0.2, 0.25) is 0 Å². The second kappa shape index (κ2) is 18.2. The van der Waals surface area contributed by atoms with Gasteiger partial charge in [0.25, 0.3) is 0 Å². The van der Waals surface area contributed by atoms with E-state index in [-0.39, 0.29) is 29.0 Å². The van der Waals surface area contributed by atoms with Crippen LogP contribution in [0, 0.1) is 0 Å². The smallest absolute Gasteiger partial charge is 0.420 e. The Balaban J connectivity index is 1.11. The van der Waals surface area contributed by atoms with Crippen molar-refractivity contribution in [2.45, 2.75) is 78.6 Å². The summed E-state index contributed by atoms with van der Waals surface area (Å²) < 4.78 is 2.28. The molecule has 2 aromatic heterocycles. The Morgan fingerprint density at radius 2 is 1.00 bits per heavy atom. The zero-order chi connectivity index (χ0) is 50.8. The Labute approximate surface area is 431 Å². The van der Waals surface area contributed by atoms with Gasteiger partial charge >= 0.3 is 6.98 Å². The predicted octanol–water partition coefficient (Wildman–Crippen LogP) is 16.4. The Morgan fingerprint density at radius 3 is 1.62 bits per heavy atom. The summed E-state index contributed by atoms with van der Waals surface area (Å²) in [6.45, 7) is 19.8. The molecule has 360 valence electrons. The number of hydrogen-bond acceptors (Lipinski definition) is 5. The van der Waals surface area contributed by atoms with Crippen LogP contribution in [-0.2, 0) is 16.2 Å². The first-order valence-electron chi connectivity index (χ1n) is 25.5. The van der Waals surface area contributed by atoms with Crippen molar-refractivity contribution < 1.29 is 5.11 Å². The van der Waals surface area contributed by atoms with Crippen LogP contribution in [0.3, 0.4) is 0 Å². The predicted molar refractivity (Wildman–Crippen MR) is 307 cm³/mol. The number of pyridine rings is 1. The molecule has 11 rings (SSSR count). The molecule has 0 saturated carbocycles. The second-order valence-corrected chi connectivity index (χ2v) is 22.5. The van der Waals surface area contributed by atoms with Crippen molar-refractivity contribution in [2.24, 2.45) is 0 Å². The quantitative estimate of drug-likeness (QED) is 0.154. The largest absolute Gasteiger partial charge is 0.507 e. The van der Waals surface area contributed by atoms with E-state index < -0.39 is 0 Å². The van der Waals surface area contributed by atoms with Crippen molar-refractivity contribution in [3.8, 4) is 56.3 Å². The molecule has 3 heterocycles. The fraction of sp³-hybridized carbons (Fsp3) is 0.182. The first kappa shape index (κ1) is 47.2. The Kier molecular flexibility index (Phi) is 11.7. The van der Waals surface area contributed by atoms with Gasteiger partial charge in [0.1, 0.15) is 11.6 Å².